The smallest absolute Gasteiger partial charge is 0.338 e. The number of benzene rings is 2. The largest absolute Gasteiger partial charge is 0.462 e. The minimum absolute atomic E-state index is 0.188. The Balaban J connectivity index is 2.25. The molecule has 2 aromatic carbocycles. The van der Waals surface area contributed by atoms with Gasteiger partial charge in [-0.15, -0.1) is 0 Å². The Bertz CT molecular complexity index is 959. The molecule has 2 rings (SSSR count). The zero-order valence-corrected chi connectivity index (χ0v) is 17.2. The van der Waals surface area contributed by atoms with E-state index in [2.05, 4.69) is 5.32 Å². The van der Waals surface area contributed by atoms with Gasteiger partial charge in [-0.05, 0) is 61.9 Å². The Hall–Kier alpha value is -2.94. The number of esters is 1. The maximum atomic E-state index is 13.2. The molecule has 2 aromatic rings. The number of carbonyl (C=O) groups excluding carboxylic acids is 2. The van der Waals surface area contributed by atoms with Crippen LogP contribution in [0, 0.1) is 5.82 Å². The van der Waals surface area contributed by atoms with Crippen molar-refractivity contribution in [3.05, 3.63) is 59.9 Å². The molecule has 1 N–H and O–H groups in total. The number of anilines is 2. The maximum absolute atomic E-state index is 13.2. The highest BCUT2D eigenvalue weighted by Gasteiger charge is 2.31. The van der Waals surface area contributed by atoms with Gasteiger partial charge in [0.25, 0.3) is 0 Å². The minimum Gasteiger partial charge on any atom is -0.462 e. The predicted molar refractivity (Wildman–Crippen MR) is 109 cm³/mol. The molecule has 0 aromatic heterocycles. The monoisotopic (exact) mass is 422 g/mol. The third kappa shape index (κ3) is 5.77. The summed E-state index contributed by atoms with van der Waals surface area (Å²) < 4.78 is 43.8. The number of hydrogen-bond acceptors (Lipinski definition) is 5. The summed E-state index contributed by atoms with van der Waals surface area (Å²) in [7, 11) is -3.81. The molecule has 0 bridgehead atoms. The topological polar surface area (TPSA) is 92.8 Å². The molecule has 29 heavy (non-hydrogen) atoms. The molecular formula is C20H23FN2O5S. The first-order valence-corrected chi connectivity index (χ1v) is 10.8. The summed E-state index contributed by atoms with van der Waals surface area (Å²) in [6, 6.07) is 9.89. The van der Waals surface area contributed by atoms with Gasteiger partial charge in [-0.3, -0.25) is 9.10 Å². The van der Waals surface area contributed by atoms with Crippen molar-refractivity contribution in [2.45, 2.75) is 26.3 Å². The lowest BCUT2D eigenvalue weighted by atomic mass is 10.1. The summed E-state index contributed by atoms with van der Waals surface area (Å²) in [4.78, 5) is 24.5. The minimum atomic E-state index is -3.81. The van der Waals surface area contributed by atoms with E-state index in [1.54, 1.807) is 13.8 Å². The summed E-state index contributed by atoms with van der Waals surface area (Å²) in [5.41, 5.74) is 0.920. The standard InChI is InChI=1S/C20H23FN2O5S/c1-4-18(23(29(3,26)27)17-12-8-15(21)9-13-17)19(24)22-16-10-6-14(7-11-16)20(25)28-5-2/h6-13,18H,4-5H2,1-3H3,(H,22,24)/t18-/m1/s1. The van der Waals surface area contributed by atoms with Gasteiger partial charge in [-0.1, -0.05) is 6.92 Å². The van der Waals surface area contributed by atoms with Crippen molar-refractivity contribution >= 4 is 33.3 Å². The average molecular weight is 422 g/mol. The van der Waals surface area contributed by atoms with Gasteiger partial charge >= 0.3 is 5.97 Å². The van der Waals surface area contributed by atoms with Crippen LogP contribution in [0.15, 0.2) is 48.5 Å². The Morgan fingerprint density at radius 2 is 1.66 bits per heavy atom. The first kappa shape index (κ1) is 22.4. The average Bonchev–Trinajstić information content (AvgIpc) is 2.66. The molecule has 0 heterocycles. The third-order valence-electron chi connectivity index (χ3n) is 4.07. The van der Waals surface area contributed by atoms with Gasteiger partial charge in [-0.2, -0.15) is 0 Å². The normalized spacial score (nSPS) is 12.1. The van der Waals surface area contributed by atoms with Crippen LogP contribution in [0.4, 0.5) is 15.8 Å². The van der Waals surface area contributed by atoms with Crippen LogP contribution >= 0.6 is 0 Å². The molecule has 0 saturated carbocycles. The second-order valence-electron chi connectivity index (χ2n) is 6.25. The lowest BCUT2D eigenvalue weighted by molar-refractivity contribution is -0.117. The van der Waals surface area contributed by atoms with Crippen molar-refractivity contribution in [2.24, 2.45) is 0 Å². The van der Waals surface area contributed by atoms with Crippen LogP contribution in [0.1, 0.15) is 30.6 Å². The fraction of sp³-hybridized carbons (Fsp3) is 0.300. The van der Waals surface area contributed by atoms with E-state index in [-0.39, 0.29) is 18.7 Å². The molecule has 0 aliphatic rings. The number of sulfonamides is 1. The number of ether oxygens (including phenoxy) is 1. The molecule has 9 heteroatoms. The number of rotatable bonds is 8. The number of nitrogens with zero attached hydrogens (tertiary/aromatic N) is 1. The lowest BCUT2D eigenvalue weighted by Crippen LogP contribution is -2.47. The zero-order valence-electron chi connectivity index (χ0n) is 16.4. The molecular weight excluding hydrogens is 399 g/mol. The van der Waals surface area contributed by atoms with Crippen LogP contribution in [0.3, 0.4) is 0 Å². The molecule has 0 aliphatic carbocycles. The summed E-state index contributed by atoms with van der Waals surface area (Å²) in [5, 5.41) is 2.65. The van der Waals surface area contributed by atoms with E-state index in [1.165, 1.54) is 36.4 Å². The number of amides is 1. The van der Waals surface area contributed by atoms with Crippen LogP contribution in [-0.4, -0.2) is 39.2 Å². The molecule has 156 valence electrons. The van der Waals surface area contributed by atoms with Gasteiger partial charge < -0.3 is 10.1 Å². The molecule has 0 saturated heterocycles. The first-order valence-electron chi connectivity index (χ1n) is 9.00. The summed E-state index contributed by atoms with van der Waals surface area (Å²) in [5.74, 6) is -1.54. The SMILES string of the molecule is CCOC(=O)c1ccc(NC(=O)[C@@H](CC)N(c2ccc(F)cc2)S(C)(=O)=O)cc1. The summed E-state index contributed by atoms with van der Waals surface area (Å²) >= 11 is 0. The van der Waals surface area contributed by atoms with Crippen molar-refractivity contribution in [1.82, 2.24) is 0 Å². The highest BCUT2D eigenvalue weighted by molar-refractivity contribution is 7.92. The fourth-order valence-electron chi connectivity index (χ4n) is 2.78. The molecule has 1 amide bonds. The number of carbonyl (C=O) groups is 2. The van der Waals surface area contributed by atoms with Gasteiger partial charge in [0.15, 0.2) is 0 Å². The zero-order chi connectivity index (χ0) is 21.6. The molecule has 7 nitrogen and oxygen atoms in total. The van der Waals surface area contributed by atoms with Crippen LogP contribution in [0.2, 0.25) is 0 Å². The van der Waals surface area contributed by atoms with Gasteiger partial charge in [-0.25, -0.2) is 17.6 Å². The second-order valence-corrected chi connectivity index (χ2v) is 8.11. The third-order valence-corrected chi connectivity index (χ3v) is 5.25. The Morgan fingerprint density at radius 1 is 1.07 bits per heavy atom. The number of hydrogen-bond donors (Lipinski definition) is 1. The van der Waals surface area contributed by atoms with Crippen LogP contribution < -0.4 is 9.62 Å². The predicted octanol–water partition coefficient (Wildman–Crippen LogP) is 3.19. The molecule has 0 fully saturated rings. The molecule has 1 atom stereocenters. The van der Waals surface area contributed by atoms with Crippen LogP contribution in [0.25, 0.3) is 0 Å². The Labute approximate surface area is 169 Å². The molecule has 0 unspecified atom stereocenters. The Kier molecular flexibility index (Phi) is 7.33. The number of halogens is 1. The van der Waals surface area contributed by atoms with Crippen molar-refractivity contribution < 1.29 is 27.1 Å². The van der Waals surface area contributed by atoms with Crippen molar-refractivity contribution in [2.75, 3.05) is 22.5 Å². The van der Waals surface area contributed by atoms with E-state index in [4.69, 9.17) is 4.74 Å². The van der Waals surface area contributed by atoms with E-state index in [1.807, 2.05) is 0 Å². The lowest BCUT2D eigenvalue weighted by Gasteiger charge is -2.30. The number of nitrogens with one attached hydrogen (secondary N) is 1. The van der Waals surface area contributed by atoms with E-state index >= 15 is 0 Å². The maximum Gasteiger partial charge on any atom is 0.338 e. The van der Waals surface area contributed by atoms with E-state index in [0.717, 1.165) is 22.7 Å². The van der Waals surface area contributed by atoms with Crippen molar-refractivity contribution in [3.63, 3.8) is 0 Å². The second kappa shape index (κ2) is 9.51. The van der Waals surface area contributed by atoms with E-state index < -0.39 is 33.8 Å². The van der Waals surface area contributed by atoms with Crippen LogP contribution in [-0.2, 0) is 19.6 Å². The van der Waals surface area contributed by atoms with Crippen molar-refractivity contribution in [3.8, 4) is 0 Å². The summed E-state index contributed by atoms with van der Waals surface area (Å²) in [6.07, 6.45) is 1.18. The van der Waals surface area contributed by atoms with E-state index in [9.17, 15) is 22.4 Å². The van der Waals surface area contributed by atoms with Gasteiger partial charge in [0, 0.05) is 5.69 Å². The Morgan fingerprint density at radius 3 is 2.14 bits per heavy atom. The highest BCUT2D eigenvalue weighted by atomic mass is 32.2. The molecule has 0 radical (unpaired) electrons. The highest BCUT2D eigenvalue weighted by Crippen LogP contribution is 2.24. The van der Waals surface area contributed by atoms with E-state index in [0.29, 0.717) is 11.3 Å². The van der Waals surface area contributed by atoms with Gasteiger partial charge in [0.05, 0.1) is 24.1 Å². The fourth-order valence-corrected chi connectivity index (χ4v) is 3.99. The summed E-state index contributed by atoms with van der Waals surface area (Å²) in [6.45, 7) is 3.63. The van der Waals surface area contributed by atoms with Crippen molar-refractivity contribution in [1.29, 1.82) is 0 Å². The van der Waals surface area contributed by atoms with Gasteiger partial charge in [0.2, 0.25) is 15.9 Å². The quantitative estimate of drug-likeness (QED) is 0.660. The van der Waals surface area contributed by atoms with Gasteiger partial charge in [0.1, 0.15) is 11.9 Å². The van der Waals surface area contributed by atoms with Crippen LogP contribution in [0.5, 0.6) is 0 Å². The molecule has 0 aliphatic heterocycles. The first-order chi connectivity index (χ1) is 13.7. The molecule has 0 spiro atoms.